The molecule has 2 aliphatic carbocycles. The summed E-state index contributed by atoms with van der Waals surface area (Å²) in [7, 11) is 0. The Morgan fingerprint density at radius 3 is 2.08 bits per heavy atom. The first kappa shape index (κ1) is 10.2. The molecule has 2 heteroatoms. The molecule has 0 saturated heterocycles. The normalized spacial score (nSPS) is 42.9. The van der Waals surface area contributed by atoms with Crippen LogP contribution in [0.3, 0.4) is 0 Å². The summed E-state index contributed by atoms with van der Waals surface area (Å²) < 4.78 is 0. The molecule has 1 nitrogen and oxygen atoms in total. The molecule has 0 aliphatic heterocycles. The minimum atomic E-state index is 0. The van der Waals surface area contributed by atoms with Crippen molar-refractivity contribution in [3.05, 3.63) is 0 Å². The Kier molecular flexibility index (Phi) is 2.20. The average Bonchev–Trinajstić information content (AvgIpc) is 2.20. The quantitative estimate of drug-likeness (QED) is 0.562. The molecule has 72 valence electrons. The third-order valence-electron chi connectivity index (χ3n) is 4.48. The SMILES string of the molecule is CC12CCC(CC1=O)C2(C)C.[Ni]. The Hall–Kier alpha value is 0.164. The van der Waals surface area contributed by atoms with E-state index in [0.29, 0.717) is 11.7 Å². The Morgan fingerprint density at radius 1 is 1.33 bits per heavy atom. The number of Topliss-reactive ketones (excluding diaryl/α,β-unsaturated/α-hetero) is 1. The van der Waals surface area contributed by atoms with E-state index >= 15 is 0 Å². The van der Waals surface area contributed by atoms with Crippen LogP contribution in [0.25, 0.3) is 0 Å². The second kappa shape index (κ2) is 2.57. The van der Waals surface area contributed by atoms with Gasteiger partial charge in [-0.05, 0) is 24.2 Å². The van der Waals surface area contributed by atoms with Crippen LogP contribution in [0, 0.1) is 16.7 Å². The summed E-state index contributed by atoms with van der Waals surface area (Å²) in [6.45, 7) is 6.67. The number of carbonyl (C=O) groups excluding carboxylic acids is 1. The van der Waals surface area contributed by atoms with E-state index in [1.165, 1.54) is 6.42 Å². The van der Waals surface area contributed by atoms with E-state index in [4.69, 9.17) is 0 Å². The third-order valence-corrected chi connectivity index (χ3v) is 4.48. The first-order valence-electron chi connectivity index (χ1n) is 4.52. The molecule has 2 atom stereocenters. The van der Waals surface area contributed by atoms with Gasteiger partial charge >= 0.3 is 0 Å². The maximum Gasteiger partial charge on any atom is 0.139 e. The zero-order chi connectivity index (χ0) is 8.28. The van der Waals surface area contributed by atoms with Gasteiger partial charge in [-0.15, -0.1) is 0 Å². The molecule has 0 aromatic rings. The second-order valence-electron chi connectivity index (χ2n) is 4.92. The summed E-state index contributed by atoms with van der Waals surface area (Å²) in [5.74, 6) is 1.19. The van der Waals surface area contributed by atoms with Crippen LogP contribution in [0.15, 0.2) is 0 Å². The number of carbonyl (C=O) groups is 1. The molecule has 0 aromatic carbocycles. The number of ketones is 1. The van der Waals surface area contributed by atoms with E-state index in [1.54, 1.807) is 0 Å². The van der Waals surface area contributed by atoms with Crippen molar-refractivity contribution in [3.63, 3.8) is 0 Å². The second-order valence-corrected chi connectivity index (χ2v) is 4.92. The molecule has 2 rings (SSSR count). The van der Waals surface area contributed by atoms with Gasteiger partial charge in [0.15, 0.2) is 0 Å². The van der Waals surface area contributed by atoms with Crippen LogP contribution in [0.5, 0.6) is 0 Å². The maximum absolute atomic E-state index is 11.6. The van der Waals surface area contributed by atoms with Crippen molar-refractivity contribution in [2.75, 3.05) is 0 Å². The Bertz CT molecular complexity index is 222. The molecular weight excluding hydrogens is 195 g/mol. The monoisotopic (exact) mass is 210 g/mol. The van der Waals surface area contributed by atoms with Crippen molar-refractivity contribution >= 4 is 5.78 Å². The van der Waals surface area contributed by atoms with Gasteiger partial charge in [0.05, 0.1) is 0 Å². The van der Waals surface area contributed by atoms with Crippen LogP contribution in [-0.2, 0) is 21.3 Å². The van der Waals surface area contributed by atoms with Crippen LogP contribution >= 0.6 is 0 Å². The van der Waals surface area contributed by atoms with Crippen molar-refractivity contribution < 1.29 is 21.3 Å². The van der Waals surface area contributed by atoms with E-state index < -0.39 is 0 Å². The molecule has 2 saturated carbocycles. The maximum atomic E-state index is 11.6. The largest absolute Gasteiger partial charge is 0.299 e. The number of hydrogen-bond donors (Lipinski definition) is 0. The standard InChI is InChI=1S/C10H16O.Ni/c1-9(2)7-4-5-10(9,3)8(11)6-7;/h7H,4-6H2,1-3H3;. The van der Waals surface area contributed by atoms with E-state index in [2.05, 4.69) is 20.8 Å². The summed E-state index contributed by atoms with van der Waals surface area (Å²) in [5, 5.41) is 0. The summed E-state index contributed by atoms with van der Waals surface area (Å²) in [6, 6.07) is 0. The molecule has 2 bridgehead atoms. The van der Waals surface area contributed by atoms with Crippen molar-refractivity contribution in [1.82, 2.24) is 0 Å². The van der Waals surface area contributed by atoms with Gasteiger partial charge in [0.1, 0.15) is 5.78 Å². The van der Waals surface area contributed by atoms with Crippen LogP contribution in [0.1, 0.15) is 40.0 Å². The van der Waals surface area contributed by atoms with Gasteiger partial charge in [0, 0.05) is 28.3 Å². The predicted molar refractivity (Wildman–Crippen MR) is 44.2 cm³/mol. The molecule has 0 N–H and O–H groups in total. The van der Waals surface area contributed by atoms with E-state index in [-0.39, 0.29) is 27.3 Å². The Labute approximate surface area is 84.2 Å². The zero-order valence-corrected chi connectivity index (χ0v) is 8.91. The summed E-state index contributed by atoms with van der Waals surface area (Å²) in [4.78, 5) is 11.6. The first-order valence-corrected chi connectivity index (χ1v) is 4.52. The number of rotatable bonds is 0. The van der Waals surface area contributed by atoms with Gasteiger partial charge in [0.25, 0.3) is 0 Å². The fraction of sp³-hybridized carbons (Fsp3) is 0.900. The molecule has 2 fully saturated rings. The van der Waals surface area contributed by atoms with Crippen molar-refractivity contribution in [2.24, 2.45) is 16.7 Å². The van der Waals surface area contributed by atoms with Crippen LogP contribution < -0.4 is 0 Å². The Morgan fingerprint density at radius 2 is 1.92 bits per heavy atom. The minimum Gasteiger partial charge on any atom is -0.299 e. The molecule has 2 unspecified atom stereocenters. The Balaban J connectivity index is 0.000000720. The van der Waals surface area contributed by atoms with Crippen molar-refractivity contribution in [3.8, 4) is 0 Å². The third kappa shape index (κ3) is 0.879. The van der Waals surface area contributed by atoms with Gasteiger partial charge in [-0.2, -0.15) is 0 Å². The minimum absolute atomic E-state index is 0. The smallest absolute Gasteiger partial charge is 0.139 e. The summed E-state index contributed by atoms with van der Waals surface area (Å²) in [5.41, 5.74) is 0.307. The number of fused-ring (bicyclic) bond motifs is 2. The molecule has 2 aliphatic rings. The first-order chi connectivity index (χ1) is 4.98. The van der Waals surface area contributed by atoms with Gasteiger partial charge < -0.3 is 0 Å². The van der Waals surface area contributed by atoms with E-state index in [9.17, 15) is 4.79 Å². The summed E-state index contributed by atoms with van der Waals surface area (Å²) >= 11 is 0. The van der Waals surface area contributed by atoms with Crippen molar-refractivity contribution in [1.29, 1.82) is 0 Å². The topological polar surface area (TPSA) is 17.1 Å². The van der Waals surface area contributed by atoms with Crippen LogP contribution in [0.4, 0.5) is 0 Å². The van der Waals surface area contributed by atoms with E-state index in [0.717, 1.165) is 12.8 Å². The van der Waals surface area contributed by atoms with Crippen LogP contribution in [-0.4, -0.2) is 5.78 Å². The average molecular weight is 211 g/mol. The van der Waals surface area contributed by atoms with Crippen LogP contribution in [0.2, 0.25) is 0 Å². The molecule has 0 spiro atoms. The molecule has 0 aromatic heterocycles. The fourth-order valence-electron chi connectivity index (χ4n) is 2.90. The fourth-order valence-corrected chi connectivity index (χ4v) is 2.90. The van der Waals surface area contributed by atoms with Gasteiger partial charge in [-0.3, -0.25) is 4.79 Å². The van der Waals surface area contributed by atoms with Crippen molar-refractivity contribution in [2.45, 2.75) is 40.0 Å². The molecule has 12 heavy (non-hydrogen) atoms. The molecule has 0 heterocycles. The van der Waals surface area contributed by atoms with E-state index in [1.807, 2.05) is 0 Å². The zero-order valence-electron chi connectivity index (χ0n) is 7.92. The molecular formula is C10H16NiO. The van der Waals surface area contributed by atoms with Gasteiger partial charge in [0.2, 0.25) is 0 Å². The van der Waals surface area contributed by atoms with Gasteiger partial charge in [-0.1, -0.05) is 20.8 Å². The molecule has 0 amide bonds. The predicted octanol–water partition coefficient (Wildman–Crippen LogP) is 2.40. The number of hydrogen-bond acceptors (Lipinski definition) is 1. The van der Waals surface area contributed by atoms with Gasteiger partial charge in [-0.25, -0.2) is 0 Å². The summed E-state index contributed by atoms with van der Waals surface area (Å²) in [6.07, 6.45) is 3.25. The molecule has 0 radical (unpaired) electrons.